The molecule has 1 heterocycles. The summed E-state index contributed by atoms with van der Waals surface area (Å²) in [6.45, 7) is 0. The Morgan fingerprint density at radius 1 is 1.55 bits per heavy atom. The standard InChI is InChI=1S/C4H2N2S3.2Na/c5-1-2-3(7)6-9-4(2)8;;/h8H,(H,6,7);;. The maximum Gasteiger partial charge on any atom is 0.132 e. The molecule has 0 spiro atoms. The summed E-state index contributed by atoms with van der Waals surface area (Å²) in [6.07, 6.45) is 0. The summed E-state index contributed by atoms with van der Waals surface area (Å²) in [4.78, 5) is 0. The zero-order valence-electron chi connectivity index (χ0n) is 6.21. The maximum atomic E-state index is 8.41. The Morgan fingerprint density at radius 3 is 2.27 bits per heavy atom. The zero-order valence-corrected chi connectivity index (χ0v) is 12.7. The van der Waals surface area contributed by atoms with Crippen molar-refractivity contribution in [3.63, 3.8) is 0 Å². The Labute approximate surface area is 124 Å². The van der Waals surface area contributed by atoms with Gasteiger partial charge in [0.15, 0.2) is 0 Å². The van der Waals surface area contributed by atoms with Gasteiger partial charge in [-0.3, -0.25) is 4.37 Å². The first-order valence-electron chi connectivity index (χ1n) is 2.06. The van der Waals surface area contributed by atoms with Crippen molar-refractivity contribution >= 4 is 95.5 Å². The minimum Gasteiger partial charge on any atom is -0.300 e. The first kappa shape index (κ1) is 15.2. The van der Waals surface area contributed by atoms with Crippen LogP contribution in [0.1, 0.15) is 5.56 Å². The summed E-state index contributed by atoms with van der Waals surface area (Å²) >= 11 is 10.0. The number of hydrogen-bond acceptors (Lipinski definition) is 4. The largest absolute Gasteiger partial charge is 0.300 e. The molecule has 0 unspecified atom stereocenters. The summed E-state index contributed by atoms with van der Waals surface area (Å²) in [5, 5.41) is 8.41. The summed E-state index contributed by atoms with van der Waals surface area (Å²) in [5.74, 6) is 0. The molecule has 0 aromatic carbocycles. The Morgan fingerprint density at radius 2 is 2.09 bits per heavy atom. The number of thiol groups is 1. The van der Waals surface area contributed by atoms with Gasteiger partial charge >= 0.3 is 0 Å². The van der Waals surface area contributed by atoms with E-state index in [-0.39, 0.29) is 59.1 Å². The van der Waals surface area contributed by atoms with E-state index < -0.39 is 0 Å². The molecule has 2 nitrogen and oxygen atoms in total. The number of aromatic amines is 1. The summed E-state index contributed by atoms with van der Waals surface area (Å²) in [5.41, 5.74) is 0.471. The molecule has 1 aromatic heterocycles. The van der Waals surface area contributed by atoms with Crippen LogP contribution in [0.4, 0.5) is 0 Å². The van der Waals surface area contributed by atoms with Crippen molar-refractivity contribution in [1.29, 1.82) is 5.26 Å². The second kappa shape index (κ2) is 7.13. The average Bonchev–Trinajstić information content (AvgIpc) is 2.12. The monoisotopic (exact) mass is 220 g/mol. The van der Waals surface area contributed by atoms with Crippen LogP contribution >= 0.6 is 36.4 Å². The number of H-pyrrole nitrogens is 1. The second-order valence-electron chi connectivity index (χ2n) is 1.33. The molecule has 0 fully saturated rings. The Balaban J connectivity index is 0. The predicted octanol–water partition coefficient (Wildman–Crippen LogP) is 1.20. The van der Waals surface area contributed by atoms with Gasteiger partial charge in [0.25, 0.3) is 0 Å². The number of nitriles is 1. The van der Waals surface area contributed by atoms with Gasteiger partial charge in [0.2, 0.25) is 0 Å². The van der Waals surface area contributed by atoms with Gasteiger partial charge in [-0.25, -0.2) is 0 Å². The quantitative estimate of drug-likeness (QED) is 0.392. The normalized spacial score (nSPS) is 7.27. The van der Waals surface area contributed by atoms with Crippen LogP contribution in [-0.2, 0) is 0 Å². The van der Waals surface area contributed by atoms with Crippen LogP contribution in [0.25, 0.3) is 0 Å². The molecule has 0 amide bonds. The molecule has 7 heteroatoms. The molecule has 0 aliphatic heterocycles. The van der Waals surface area contributed by atoms with Gasteiger partial charge in [-0.15, -0.1) is 12.6 Å². The summed E-state index contributed by atoms with van der Waals surface area (Å²) in [7, 11) is 0. The molecule has 0 saturated carbocycles. The fraction of sp³-hybridized carbons (Fsp3) is 0. The number of nitrogens with one attached hydrogen (secondary N) is 1. The molecule has 1 N–H and O–H groups in total. The van der Waals surface area contributed by atoms with Gasteiger partial charge in [0, 0.05) is 59.1 Å². The van der Waals surface area contributed by atoms with Crippen LogP contribution in [0, 0.1) is 16.0 Å². The van der Waals surface area contributed by atoms with Crippen molar-refractivity contribution < 1.29 is 0 Å². The van der Waals surface area contributed by atoms with Crippen molar-refractivity contribution in [2.45, 2.75) is 4.21 Å². The van der Waals surface area contributed by atoms with E-state index >= 15 is 0 Å². The predicted molar refractivity (Wildman–Crippen MR) is 53.0 cm³/mol. The number of aromatic nitrogens is 1. The molecule has 48 valence electrons. The van der Waals surface area contributed by atoms with E-state index in [0.717, 1.165) is 0 Å². The van der Waals surface area contributed by atoms with Crippen LogP contribution in [0.15, 0.2) is 4.21 Å². The topological polar surface area (TPSA) is 39.6 Å². The third-order valence-corrected chi connectivity index (χ3v) is 2.43. The van der Waals surface area contributed by atoms with Crippen molar-refractivity contribution in [2.75, 3.05) is 0 Å². The number of rotatable bonds is 0. The van der Waals surface area contributed by atoms with Crippen molar-refractivity contribution in [2.24, 2.45) is 0 Å². The van der Waals surface area contributed by atoms with Gasteiger partial charge in [-0.05, 0) is 0 Å². The molecule has 0 atom stereocenters. The molecule has 2 radical (unpaired) electrons. The Bertz CT molecular complexity index is 310. The minimum atomic E-state index is 0. The van der Waals surface area contributed by atoms with Gasteiger partial charge in [0.1, 0.15) is 16.3 Å². The number of hydrogen-bond donors (Lipinski definition) is 2. The van der Waals surface area contributed by atoms with E-state index in [1.807, 2.05) is 6.07 Å². The molecule has 1 aromatic rings. The van der Waals surface area contributed by atoms with Crippen molar-refractivity contribution in [3.8, 4) is 6.07 Å². The third kappa shape index (κ3) is 3.94. The molecule has 1 rings (SSSR count). The SMILES string of the molecule is N#Cc1c(S)s[nH]c1=S.[Na].[Na]. The molecule has 0 bridgehead atoms. The molecule has 0 saturated heterocycles. The van der Waals surface area contributed by atoms with Gasteiger partial charge in [0.05, 0.1) is 4.21 Å². The van der Waals surface area contributed by atoms with Crippen LogP contribution in [0.5, 0.6) is 0 Å². The third-order valence-electron chi connectivity index (χ3n) is 0.793. The van der Waals surface area contributed by atoms with E-state index in [1.165, 1.54) is 11.5 Å². The van der Waals surface area contributed by atoms with Crippen molar-refractivity contribution in [3.05, 3.63) is 10.2 Å². The van der Waals surface area contributed by atoms with Crippen LogP contribution < -0.4 is 0 Å². The van der Waals surface area contributed by atoms with Crippen LogP contribution in [-0.4, -0.2) is 63.5 Å². The summed E-state index contributed by atoms with van der Waals surface area (Å²) < 4.78 is 3.88. The van der Waals surface area contributed by atoms with E-state index in [1.54, 1.807) is 0 Å². The fourth-order valence-corrected chi connectivity index (χ4v) is 1.65. The number of nitrogens with zero attached hydrogens (tertiary/aromatic N) is 1. The van der Waals surface area contributed by atoms with E-state index in [4.69, 9.17) is 17.5 Å². The van der Waals surface area contributed by atoms with Gasteiger partial charge < -0.3 is 0 Å². The Hall–Kier alpha value is 1.69. The fourth-order valence-electron chi connectivity index (χ4n) is 0.392. The van der Waals surface area contributed by atoms with E-state index in [9.17, 15) is 0 Å². The van der Waals surface area contributed by atoms with Crippen LogP contribution in [0.3, 0.4) is 0 Å². The smallest absolute Gasteiger partial charge is 0.132 e. The minimum absolute atomic E-state index is 0. The zero-order chi connectivity index (χ0) is 6.85. The Kier molecular flexibility index (Phi) is 9.83. The average molecular weight is 220 g/mol. The second-order valence-corrected chi connectivity index (χ2v) is 3.30. The first-order chi connectivity index (χ1) is 4.25. The van der Waals surface area contributed by atoms with Crippen LogP contribution in [0.2, 0.25) is 0 Å². The molecule has 11 heavy (non-hydrogen) atoms. The van der Waals surface area contributed by atoms with Gasteiger partial charge in [-0.1, -0.05) is 23.8 Å². The molecule has 0 aliphatic carbocycles. The molecule has 0 aliphatic rings. The molecular weight excluding hydrogens is 218 g/mol. The molecular formula is C4H2N2Na2S3. The van der Waals surface area contributed by atoms with Gasteiger partial charge in [-0.2, -0.15) is 5.26 Å². The maximum absolute atomic E-state index is 8.41. The van der Waals surface area contributed by atoms with Crippen molar-refractivity contribution in [1.82, 2.24) is 4.37 Å². The first-order valence-corrected chi connectivity index (χ1v) is 3.73. The van der Waals surface area contributed by atoms with E-state index in [0.29, 0.717) is 14.4 Å². The van der Waals surface area contributed by atoms with E-state index in [2.05, 4.69) is 17.0 Å². The summed E-state index contributed by atoms with van der Waals surface area (Å²) in [6, 6.07) is 1.94.